The lowest BCUT2D eigenvalue weighted by Gasteiger charge is -2.23. The number of aromatic hydroxyl groups is 1. The molecule has 3 rings (SSSR count). The molecule has 0 saturated heterocycles. The number of hydrogen-bond donors (Lipinski definition) is 2. The Morgan fingerprint density at radius 2 is 2.30 bits per heavy atom. The van der Waals surface area contributed by atoms with Crippen molar-refractivity contribution in [3.05, 3.63) is 47.4 Å². The molecule has 1 atom stereocenters. The zero-order chi connectivity index (χ0) is 13.9. The molecule has 2 aromatic rings. The Morgan fingerprint density at radius 3 is 3.15 bits per heavy atom. The zero-order valence-corrected chi connectivity index (χ0v) is 11.6. The number of rotatable bonds is 4. The Morgan fingerprint density at radius 1 is 1.40 bits per heavy atom. The second-order valence-electron chi connectivity index (χ2n) is 5.13. The number of fused-ring (bicyclic) bond motifs is 1. The lowest BCUT2D eigenvalue weighted by atomic mass is 9.93. The van der Waals surface area contributed by atoms with E-state index in [-0.39, 0.29) is 5.75 Å². The van der Waals surface area contributed by atoms with Crippen LogP contribution in [-0.4, -0.2) is 12.2 Å². The van der Waals surface area contributed by atoms with Crippen LogP contribution in [0.25, 0.3) is 0 Å². The fourth-order valence-electron chi connectivity index (χ4n) is 2.77. The van der Waals surface area contributed by atoms with Crippen molar-refractivity contribution in [2.75, 3.05) is 7.11 Å². The van der Waals surface area contributed by atoms with Gasteiger partial charge in [-0.05, 0) is 36.6 Å². The van der Waals surface area contributed by atoms with Gasteiger partial charge in [0.2, 0.25) is 0 Å². The van der Waals surface area contributed by atoms with Crippen LogP contribution in [0.15, 0.2) is 34.9 Å². The first-order valence-electron chi connectivity index (χ1n) is 6.93. The third-order valence-electron chi connectivity index (χ3n) is 3.85. The van der Waals surface area contributed by atoms with E-state index in [2.05, 4.69) is 11.4 Å². The lowest BCUT2D eigenvalue weighted by Crippen LogP contribution is -2.24. The normalized spacial score (nSPS) is 17.8. The molecule has 1 aromatic heterocycles. The van der Waals surface area contributed by atoms with Crippen LogP contribution in [-0.2, 0) is 13.0 Å². The molecule has 0 fully saturated rings. The van der Waals surface area contributed by atoms with E-state index in [1.54, 1.807) is 19.4 Å². The minimum absolute atomic E-state index is 0.172. The standard InChI is InChI=1S/C16H19NO3/c1-19-16-9-11(5-6-14(16)18)10-17-13-3-2-4-15-12(13)7-8-20-15/h5-9,13,17-18H,2-4,10H2,1H3. The quantitative estimate of drug-likeness (QED) is 0.898. The first-order chi connectivity index (χ1) is 9.78. The van der Waals surface area contributed by atoms with Crippen LogP contribution in [0.1, 0.15) is 35.8 Å². The summed E-state index contributed by atoms with van der Waals surface area (Å²) in [4.78, 5) is 0. The van der Waals surface area contributed by atoms with E-state index < -0.39 is 0 Å². The maximum absolute atomic E-state index is 9.60. The molecule has 4 nitrogen and oxygen atoms in total. The smallest absolute Gasteiger partial charge is 0.160 e. The number of phenols is 1. The van der Waals surface area contributed by atoms with Gasteiger partial charge in [0.25, 0.3) is 0 Å². The topological polar surface area (TPSA) is 54.6 Å². The molecule has 0 bridgehead atoms. The van der Waals surface area contributed by atoms with Crippen LogP contribution < -0.4 is 10.1 Å². The summed E-state index contributed by atoms with van der Waals surface area (Å²) in [5.74, 6) is 1.79. The van der Waals surface area contributed by atoms with Crippen LogP contribution in [0.4, 0.5) is 0 Å². The molecule has 0 saturated carbocycles. The highest BCUT2D eigenvalue weighted by Gasteiger charge is 2.21. The van der Waals surface area contributed by atoms with E-state index in [1.807, 2.05) is 12.1 Å². The number of aryl methyl sites for hydroxylation is 1. The molecule has 1 aliphatic rings. The van der Waals surface area contributed by atoms with E-state index in [0.29, 0.717) is 11.8 Å². The highest BCUT2D eigenvalue weighted by atomic mass is 16.5. The minimum Gasteiger partial charge on any atom is -0.504 e. The molecular weight excluding hydrogens is 254 g/mol. The van der Waals surface area contributed by atoms with Crippen molar-refractivity contribution in [2.45, 2.75) is 31.8 Å². The van der Waals surface area contributed by atoms with E-state index in [9.17, 15) is 5.11 Å². The van der Waals surface area contributed by atoms with Gasteiger partial charge in [0, 0.05) is 24.6 Å². The van der Waals surface area contributed by atoms with Crippen LogP contribution >= 0.6 is 0 Å². The molecule has 0 radical (unpaired) electrons. The number of nitrogens with one attached hydrogen (secondary N) is 1. The second-order valence-corrected chi connectivity index (χ2v) is 5.13. The van der Waals surface area contributed by atoms with Crippen LogP contribution in [0.3, 0.4) is 0 Å². The molecule has 20 heavy (non-hydrogen) atoms. The minimum atomic E-state index is 0.172. The van der Waals surface area contributed by atoms with Crippen molar-refractivity contribution in [1.29, 1.82) is 0 Å². The Bertz CT molecular complexity index is 591. The van der Waals surface area contributed by atoms with Crippen molar-refractivity contribution < 1.29 is 14.3 Å². The predicted molar refractivity (Wildman–Crippen MR) is 75.9 cm³/mol. The van der Waals surface area contributed by atoms with Gasteiger partial charge in [-0.2, -0.15) is 0 Å². The van der Waals surface area contributed by atoms with Crippen molar-refractivity contribution in [3.8, 4) is 11.5 Å². The Labute approximate surface area is 118 Å². The number of furan rings is 1. The van der Waals surface area contributed by atoms with Crippen molar-refractivity contribution in [1.82, 2.24) is 5.32 Å². The molecule has 1 aliphatic carbocycles. The van der Waals surface area contributed by atoms with Gasteiger partial charge in [0.05, 0.1) is 13.4 Å². The third-order valence-corrected chi connectivity index (χ3v) is 3.85. The van der Waals surface area contributed by atoms with Gasteiger partial charge < -0.3 is 19.6 Å². The van der Waals surface area contributed by atoms with Gasteiger partial charge in [-0.25, -0.2) is 0 Å². The molecule has 4 heteroatoms. The first-order valence-corrected chi connectivity index (χ1v) is 6.93. The molecular formula is C16H19NO3. The predicted octanol–water partition coefficient (Wildman–Crippen LogP) is 3.16. The van der Waals surface area contributed by atoms with Gasteiger partial charge in [-0.3, -0.25) is 0 Å². The number of phenolic OH excluding ortho intramolecular Hbond substituents is 1. The van der Waals surface area contributed by atoms with Crippen LogP contribution in [0, 0.1) is 0 Å². The summed E-state index contributed by atoms with van der Waals surface area (Å²) in [5, 5.41) is 13.2. The molecule has 1 aromatic carbocycles. The highest BCUT2D eigenvalue weighted by Crippen LogP contribution is 2.31. The van der Waals surface area contributed by atoms with Crippen LogP contribution in [0.2, 0.25) is 0 Å². The summed E-state index contributed by atoms with van der Waals surface area (Å²) in [6, 6.07) is 7.84. The van der Waals surface area contributed by atoms with Gasteiger partial charge in [0.15, 0.2) is 11.5 Å². The summed E-state index contributed by atoms with van der Waals surface area (Å²) < 4.78 is 10.6. The maximum atomic E-state index is 9.60. The van der Waals surface area contributed by atoms with Crippen LogP contribution in [0.5, 0.6) is 11.5 Å². The third kappa shape index (κ3) is 2.51. The summed E-state index contributed by atoms with van der Waals surface area (Å²) in [6.07, 6.45) is 5.08. The average molecular weight is 273 g/mol. The van der Waals surface area contributed by atoms with Gasteiger partial charge in [0.1, 0.15) is 5.76 Å². The molecule has 0 spiro atoms. The van der Waals surface area contributed by atoms with Gasteiger partial charge in [-0.1, -0.05) is 6.07 Å². The monoisotopic (exact) mass is 273 g/mol. The SMILES string of the molecule is COc1cc(CNC2CCCc3occc32)ccc1O. The largest absolute Gasteiger partial charge is 0.504 e. The fourth-order valence-corrected chi connectivity index (χ4v) is 2.77. The summed E-state index contributed by atoms with van der Waals surface area (Å²) in [5.41, 5.74) is 2.37. The molecule has 2 N–H and O–H groups in total. The fraction of sp³-hybridized carbons (Fsp3) is 0.375. The number of benzene rings is 1. The number of methoxy groups -OCH3 is 1. The van der Waals surface area contributed by atoms with E-state index >= 15 is 0 Å². The maximum Gasteiger partial charge on any atom is 0.160 e. The zero-order valence-electron chi connectivity index (χ0n) is 11.6. The van der Waals surface area contributed by atoms with Crippen molar-refractivity contribution >= 4 is 0 Å². The van der Waals surface area contributed by atoms with Gasteiger partial charge in [-0.15, -0.1) is 0 Å². The molecule has 1 heterocycles. The van der Waals surface area contributed by atoms with E-state index in [1.165, 1.54) is 5.56 Å². The number of hydrogen-bond acceptors (Lipinski definition) is 4. The number of ether oxygens (including phenoxy) is 1. The molecule has 106 valence electrons. The highest BCUT2D eigenvalue weighted by molar-refractivity contribution is 5.41. The molecule has 0 amide bonds. The van der Waals surface area contributed by atoms with E-state index in [0.717, 1.165) is 37.1 Å². The molecule has 1 unspecified atom stereocenters. The average Bonchev–Trinajstić information content (AvgIpc) is 2.95. The Hall–Kier alpha value is -1.94. The summed E-state index contributed by atoms with van der Waals surface area (Å²) in [7, 11) is 1.56. The first kappa shape index (κ1) is 13.1. The molecule has 0 aliphatic heterocycles. The van der Waals surface area contributed by atoms with Crippen molar-refractivity contribution in [3.63, 3.8) is 0 Å². The Balaban J connectivity index is 1.69. The van der Waals surface area contributed by atoms with Gasteiger partial charge >= 0.3 is 0 Å². The summed E-state index contributed by atoms with van der Waals surface area (Å²) >= 11 is 0. The van der Waals surface area contributed by atoms with Crippen molar-refractivity contribution in [2.24, 2.45) is 0 Å². The Kier molecular flexibility index (Phi) is 3.65. The lowest BCUT2D eigenvalue weighted by molar-refractivity contribution is 0.372. The van der Waals surface area contributed by atoms with E-state index in [4.69, 9.17) is 9.15 Å². The second kappa shape index (κ2) is 5.59. The summed E-state index contributed by atoms with van der Waals surface area (Å²) in [6.45, 7) is 0.742.